The number of hydrogen-bond acceptors (Lipinski definition) is 0. The van der Waals surface area contributed by atoms with E-state index in [-0.39, 0.29) is 0 Å². The predicted molar refractivity (Wildman–Crippen MR) is 104 cm³/mol. The molecule has 0 saturated carbocycles. The van der Waals surface area contributed by atoms with E-state index in [1.54, 1.807) is 0 Å². The fourth-order valence-electron chi connectivity index (χ4n) is 3.29. The molecule has 0 N–H and O–H groups in total. The summed E-state index contributed by atoms with van der Waals surface area (Å²) < 4.78 is 5.57. The summed E-state index contributed by atoms with van der Waals surface area (Å²) in [6.07, 6.45) is 12.3. The normalized spacial score (nSPS) is 11.0. The summed E-state index contributed by atoms with van der Waals surface area (Å²) in [5.74, 6) is 1.93. The molecular formula is C23H33O+. The maximum absolute atomic E-state index is 5.57. The summed E-state index contributed by atoms with van der Waals surface area (Å²) in [5, 5.41) is 0. The van der Waals surface area contributed by atoms with Crippen molar-refractivity contribution in [3.8, 4) is 11.1 Å². The van der Waals surface area contributed by atoms with Crippen LogP contribution in [0.25, 0.3) is 11.1 Å². The Morgan fingerprint density at radius 2 is 1.21 bits per heavy atom. The minimum absolute atomic E-state index is 0.966. The minimum Gasteiger partial charge on any atom is -0.218 e. The first-order valence-electron chi connectivity index (χ1n) is 9.69. The molecule has 0 radical (unpaired) electrons. The lowest BCUT2D eigenvalue weighted by atomic mass is 10.0. The van der Waals surface area contributed by atoms with Gasteiger partial charge in [0.1, 0.15) is 0 Å². The molecule has 0 aliphatic carbocycles. The van der Waals surface area contributed by atoms with Gasteiger partial charge in [-0.15, -0.1) is 0 Å². The molecule has 1 aromatic carbocycles. The summed E-state index contributed by atoms with van der Waals surface area (Å²) >= 11 is 0. The summed E-state index contributed by atoms with van der Waals surface area (Å²) in [4.78, 5) is 0. The molecule has 0 aliphatic rings. The minimum atomic E-state index is 0.966. The zero-order valence-corrected chi connectivity index (χ0v) is 15.7. The Bertz CT molecular complexity index is 578. The Labute approximate surface area is 148 Å². The Kier molecular flexibility index (Phi) is 8.01. The molecule has 0 fully saturated rings. The molecule has 0 aliphatic heterocycles. The number of aryl methyl sites for hydroxylation is 3. The SMILES string of the molecule is CCCCCCCCCCc1ccc(-c2cc(C)[o+]c(C)c2)cc1. The Hall–Kier alpha value is -1.63. The van der Waals surface area contributed by atoms with Crippen LogP contribution >= 0.6 is 0 Å². The number of benzene rings is 1. The molecule has 2 rings (SSSR count). The van der Waals surface area contributed by atoms with Crippen LogP contribution in [0.15, 0.2) is 40.8 Å². The maximum atomic E-state index is 5.57. The van der Waals surface area contributed by atoms with Gasteiger partial charge in [0.05, 0.1) is 13.8 Å². The summed E-state index contributed by atoms with van der Waals surface area (Å²) in [6, 6.07) is 13.3. The van der Waals surface area contributed by atoms with Gasteiger partial charge in [0, 0.05) is 12.1 Å². The van der Waals surface area contributed by atoms with Gasteiger partial charge in [-0.25, -0.2) is 4.42 Å². The third kappa shape index (κ3) is 6.47. The first-order valence-corrected chi connectivity index (χ1v) is 9.69. The molecule has 0 saturated heterocycles. The lowest BCUT2D eigenvalue weighted by Gasteiger charge is -2.05. The highest BCUT2D eigenvalue weighted by atomic mass is 16.3. The number of hydrogen-bond donors (Lipinski definition) is 0. The van der Waals surface area contributed by atoms with Crippen LogP contribution in [-0.4, -0.2) is 0 Å². The van der Waals surface area contributed by atoms with Crippen LogP contribution in [0.2, 0.25) is 0 Å². The van der Waals surface area contributed by atoms with E-state index in [0.29, 0.717) is 0 Å². The molecule has 0 spiro atoms. The average Bonchev–Trinajstić information content (AvgIpc) is 2.57. The van der Waals surface area contributed by atoms with Crippen molar-refractivity contribution in [1.29, 1.82) is 0 Å². The van der Waals surface area contributed by atoms with Crippen molar-refractivity contribution in [3.05, 3.63) is 53.5 Å². The zero-order chi connectivity index (χ0) is 17.2. The van der Waals surface area contributed by atoms with Crippen LogP contribution in [0.1, 0.15) is 75.4 Å². The maximum Gasteiger partial charge on any atom is 0.327 e. The first-order chi connectivity index (χ1) is 11.7. The number of unbranched alkanes of at least 4 members (excludes halogenated alkanes) is 7. The molecular weight excluding hydrogens is 292 g/mol. The van der Waals surface area contributed by atoms with E-state index in [2.05, 4.69) is 43.3 Å². The highest BCUT2D eigenvalue weighted by molar-refractivity contribution is 5.63. The van der Waals surface area contributed by atoms with Crippen molar-refractivity contribution in [2.75, 3.05) is 0 Å². The van der Waals surface area contributed by atoms with Crippen molar-refractivity contribution >= 4 is 0 Å². The van der Waals surface area contributed by atoms with Crippen LogP contribution in [0.4, 0.5) is 0 Å². The fourth-order valence-corrected chi connectivity index (χ4v) is 3.29. The standard InChI is InChI=1S/C23H33O/c1-4-5-6-7-8-9-10-11-12-21-13-15-22(16-14-21)23-17-19(2)24-20(3)18-23/h13-18H,4-12H2,1-3H3/q+1. The molecule has 1 nitrogen and oxygen atoms in total. The Morgan fingerprint density at radius 1 is 0.667 bits per heavy atom. The van der Waals surface area contributed by atoms with Crippen LogP contribution in [0.5, 0.6) is 0 Å². The highest BCUT2D eigenvalue weighted by Crippen LogP contribution is 2.23. The Balaban J connectivity index is 1.74. The zero-order valence-electron chi connectivity index (χ0n) is 15.7. The van der Waals surface area contributed by atoms with Gasteiger partial charge in [-0.05, 0) is 29.5 Å². The van der Waals surface area contributed by atoms with Gasteiger partial charge in [0.25, 0.3) is 0 Å². The van der Waals surface area contributed by atoms with Gasteiger partial charge in [-0.3, -0.25) is 0 Å². The van der Waals surface area contributed by atoms with E-state index in [1.807, 2.05) is 13.8 Å². The highest BCUT2D eigenvalue weighted by Gasteiger charge is 2.09. The third-order valence-electron chi connectivity index (χ3n) is 4.65. The van der Waals surface area contributed by atoms with Gasteiger partial charge < -0.3 is 0 Å². The second-order valence-corrected chi connectivity index (χ2v) is 6.99. The first kappa shape index (κ1) is 18.7. The van der Waals surface area contributed by atoms with Gasteiger partial charge in [-0.2, -0.15) is 0 Å². The molecule has 0 atom stereocenters. The van der Waals surface area contributed by atoms with Crippen LogP contribution in [0, 0.1) is 13.8 Å². The van der Waals surface area contributed by atoms with Crippen LogP contribution < -0.4 is 0 Å². The second kappa shape index (κ2) is 10.3. The van der Waals surface area contributed by atoms with Crippen molar-refractivity contribution in [2.45, 2.75) is 78.6 Å². The molecule has 1 heterocycles. The van der Waals surface area contributed by atoms with Crippen molar-refractivity contribution in [1.82, 2.24) is 0 Å². The summed E-state index contributed by atoms with van der Waals surface area (Å²) in [6.45, 7) is 6.29. The second-order valence-electron chi connectivity index (χ2n) is 6.99. The van der Waals surface area contributed by atoms with Crippen LogP contribution in [0.3, 0.4) is 0 Å². The molecule has 130 valence electrons. The number of rotatable bonds is 10. The van der Waals surface area contributed by atoms with Crippen LogP contribution in [-0.2, 0) is 6.42 Å². The lowest BCUT2D eigenvalue weighted by molar-refractivity contribution is 0.487. The summed E-state index contributed by atoms with van der Waals surface area (Å²) in [7, 11) is 0. The van der Waals surface area contributed by atoms with Crippen molar-refractivity contribution in [2.24, 2.45) is 0 Å². The molecule has 0 amide bonds. The predicted octanol–water partition coefficient (Wildman–Crippen LogP) is 7.53. The van der Waals surface area contributed by atoms with Gasteiger partial charge >= 0.3 is 11.5 Å². The van der Waals surface area contributed by atoms with E-state index in [1.165, 1.54) is 74.5 Å². The molecule has 1 heteroatoms. The largest absolute Gasteiger partial charge is 0.327 e. The molecule has 2 aromatic rings. The quantitative estimate of drug-likeness (QED) is 0.324. The Morgan fingerprint density at radius 3 is 1.79 bits per heavy atom. The third-order valence-corrected chi connectivity index (χ3v) is 4.65. The van der Waals surface area contributed by atoms with E-state index in [4.69, 9.17) is 4.42 Å². The molecule has 24 heavy (non-hydrogen) atoms. The van der Waals surface area contributed by atoms with Gasteiger partial charge in [0.2, 0.25) is 0 Å². The lowest BCUT2D eigenvalue weighted by Crippen LogP contribution is -1.88. The van der Waals surface area contributed by atoms with E-state index in [9.17, 15) is 0 Å². The average molecular weight is 326 g/mol. The van der Waals surface area contributed by atoms with E-state index < -0.39 is 0 Å². The fraction of sp³-hybridized carbons (Fsp3) is 0.522. The van der Waals surface area contributed by atoms with E-state index >= 15 is 0 Å². The van der Waals surface area contributed by atoms with Gasteiger partial charge in [0.15, 0.2) is 0 Å². The molecule has 1 aromatic heterocycles. The molecule has 0 bridgehead atoms. The summed E-state index contributed by atoms with van der Waals surface area (Å²) in [5.41, 5.74) is 3.98. The van der Waals surface area contributed by atoms with E-state index in [0.717, 1.165) is 11.5 Å². The smallest absolute Gasteiger partial charge is 0.218 e. The topological polar surface area (TPSA) is 11.3 Å². The monoisotopic (exact) mass is 325 g/mol. The molecule has 0 unspecified atom stereocenters. The van der Waals surface area contributed by atoms with Crippen molar-refractivity contribution in [3.63, 3.8) is 0 Å². The van der Waals surface area contributed by atoms with Crippen molar-refractivity contribution < 1.29 is 4.42 Å². The van der Waals surface area contributed by atoms with Gasteiger partial charge in [-0.1, -0.05) is 76.1 Å².